The van der Waals surface area contributed by atoms with Gasteiger partial charge in [0.05, 0.1) is 4.92 Å². The summed E-state index contributed by atoms with van der Waals surface area (Å²) in [5, 5.41) is 10.8. The minimum Gasteiger partial charge on any atom is -0.487 e. The highest BCUT2D eigenvalue weighted by Crippen LogP contribution is 2.62. The average molecular weight is 341 g/mol. The van der Waals surface area contributed by atoms with Crippen LogP contribution in [0.5, 0.6) is 5.75 Å². The molecule has 0 N–H and O–H groups in total. The van der Waals surface area contributed by atoms with Crippen LogP contribution >= 0.6 is 0 Å². The van der Waals surface area contributed by atoms with Crippen molar-refractivity contribution in [3.05, 3.63) is 58.2 Å². The Morgan fingerprint density at radius 1 is 1.36 bits per heavy atom. The molecule has 0 spiro atoms. The molecule has 1 aromatic carbocycles. The summed E-state index contributed by atoms with van der Waals surface area (Å²) in [4.78, 5) is 10.4. The second-order valence-electron chi connectivity index (χ2n) is 8.25. The van der Waals surface area contributed by atoms with Gasteiger partial charge in [-0.2, -0.15) is 0 Å². The Morgan fingerprint density at radius 2 is 2.00 bits per heavy atom. The maximum absolute atomic E-state index is 10.8. The zero-order valence-corrected chi connectivity index (χ0v) is 15.5. The smallest absolute Gasteiger partial charge is 0.269 e. The van der Waals surface area contributed by atoms with Crippen molar-refractivity contribution < 1.29 is 9.66 Å². The molecule has 0 aromatic heterocycles. The number of nitrogens with zero attached hydrogens (tertiary/aromatic N) is 1. The van der Waals surface area contributed by atoms with Crippen LogP contribution < -0.4 is 4.74 Å². The van der Waals surface area contributed by atoms with Crippen molar-refractivity contribution >= 4 is 5.69 Å². The number of nitro benzene ring substituents is 1. The van der Waals surface area contributed by atoms with Crippen LogP contribution in [0.1, 0.15) is 47.0 Å². The first-order valence-corrected chi connectivity index (χ1v) is 8.94. The SMILES string of the molecule is C=CC1(C)CC1C1=C(C)CCC1C(C)(C)Oc1ccc([N+](=O)[O-])cc1. The quantitative estimate of drug-likeness (QED) is 0.379. The van der Waals surface area contributed by atoms with Crippen molar-refractivity contribution in [3.63, 3.8) is 0 Å². The van der Waals surface area contributed by atoms with Gasteiger partial charge in [0, 0.05) is 18.1 Å². The number of hydrogen-bond donors (Lipinski definition) is 0. The van der Waals surface area contributed by atoms with Gasteiger partial charge in [-0.1, -0.05) is 24.1 Å². The molecule has 0 aliphatic heterocycles. The summed E-state index contributed by atoms with van der Waals surface area (Å²) in [5.41, 5.74) is 3.01. The summed E-state index contributed by atoms with van der Waals surface area (Å²) in [7, 11) is 0. The predicted octanol–water partition coefficient (Wildman–Crippen LogP) is 5.69. The Hall–Kier alpha value is -2.10. The number of rotatable bonds is 6. The number of benzene rings is 1. The van der Waals surface area contributed by atoms with Gasteiger partial charge >= 0.3 is 0 Å². The van der Waals surface area contributed by atoms with E-state index in [4.69, 9.17) is 4.74 Å². The van der Waals surface area contributed by atoms with E-state index in [2.05, 4.69) is 40.3 Å². The number of non-ortho nitro benzene ring substituents is 1. The van der Waals surface area contributed by atoms with Gasteiger partial charge in [-0.15, -0.1) is 6.58 Å². The molecule has 25 heavy (non-hydrogen) atoms. The summed E-state index contributed by atoms with van der Waals surface area (Å²) in [6.45, 7) is 12.8. The van der Waals surface area contributed by atoms with E-state index >= 15 is 0 Å². The van der Waals surface area contributed by atoms with Gasteiger partial charge in [0.2, 0.25) is 0 Å². The van der Waals surface area contributed by atoms with Crippen LogP contribution in [0.15, 0.2) is 48.1 Å². The van der Waals surface area contributed by atoms with Crippen LogP contribution in [0.2, 0.25) is 0 Å². The molecule has 4 nitrogen and oxygen atoms in total. The Kier molecular flexibility index (Phi) is 4.26. The lowest BCUT2D eigenvalue weighted by molar-refractivity contribution is -0.384. The van der Waals surface area contributed by atoms with E-state index in [1.165, 1.54) is 24.1 Å². The first kappa shape index (κ1) is 17.7. The fraction of sp³-hybridized carbons (Fsp3) is 0.524. The first-order valence-electron chi connectivity index (χ1n) is 8.94. The topological polar surface area (TPSA) is 52.4 Å². The Labute approximate surface area is 149 Å². The molecule has 1 aromatic rings. The van der Waals surface area contributed by atoms with E-state index in [-0.39, 0.29) is 21.6 Å². The van der Waals surface area contributed by atoms with Crippen molar-refractivity contribution in [1.29, 1.82) is 0 Å². The molecule has 134 valence electrons. The lowest BCUT2D eigenvalue weighted by Crippen LogP contribution is -2.38. The molecule has 0 saturated heterocycles. The van der Waals surface area contributed by atoms with E-state index < -0.39 is 0 Å². The lowest BCUT2D eigenvalue weighted by Gasteiger charge is -2.35. The minimum atomic E-state index is -0.390. The molecule has 3 atom stereocenters. The monoisotopic (exact) mass is 341 g/mol. The summed E-state index contributed by atoms with van der Waals surface area (Å²) in [6, 6.07) is 6.38. The third-order valence-corrected chi connectivity index (χ3v) is 6.07. The highest BCUT2D eigenvalue weighted by molar-refractivity contribution is 5.38. The average Bonchev–Trinajstić information content (AvgIpc) is 3.06. The number of allylic oxidation sites excluding steroid dienone is 2. The van der Waals surface area contributed by atoms with Crippen molar-refractivity contribution in [3.8, 4) is 5.75 Å². The van der Waals surface area contributed by atoms with Gasteiger partial charge in [0.15, 0.2) is 0 Å². The second kappa shape index (κ2) is 6.01. The largest absolute Gasteiger partial charge is 0.487 e. The highest BCUT2D eigenvalue weighted by Gasteiger charge is 2.54. The molecule has 2 aliphatic carbocycles. The maximum Gasteiger partial charge on any atom is 0.269 e. The fourth-order valence-corrected chi connectivity index (χ4v) is 4.30. The molecule has 1 fully saturated rings. The fourth-order valence-electron chi connectivity index (χ4n) is 4.30. The number of nitro groups is 1. The van der Waals surface area contributed by atoms with Crippen molar-refractivity contribution in [2.75, 3.05) is 0 Å². The molecule has 0 bridgehead atoms. The third kappa shape index (κ3) is 3.22. The van der Waals surface area contributed by atoms with E-state index in [1.807, 2.05) is 0 Å². The summed E-state index contributed by atoms with van der Waals surface area (Å²) in [5.74, 6) is 1.63. The number of hydrogen-bond acceptors (Lipinski definition) is 3. The maximum atomic E-state index is 10.8. The molecular weight excluding hydrogens is 314 g/mol. The van der Waals surface area contributed by atoms with Gasteiger partial charge in [-0.3, -0.25) is 10.1 Å². The molecule has 3 unspecified atom stereocenters. The summed E-state index contributed by atoms with van der Waals surface area (Å²) < 4.78 is 6.30. The van der Waals surface area contributed by atoms with E-state index in [1.54, 1.807) is 17.7 Å². The number of ether oxygens (including phenoxy) is 1. The molecule has 0 radical (unpaired) electrons. The lowest BCUT2D eigenvalue weighted by atomic mass is 9.81. The standard InChI is InChI=1S/C21H27NO3/c1-6-21(5)13-18(21)19-14(2)7-12-17(19)20(3,4)25-16-10-8-15(9-11-16)22(23)24/h6,8-11,17-18H,1,7,12-13H2,2-5H3. The Balaban J connectivity index is 1.79. The Bertz CT molecular complexity index is 732. The molecular formula is C21H27NO3. The minimum absolute atomic E-state index is 0.0854. The molecule has 1 saturated carbocycles. The zero-order valence-electron chi connectivity index (χ0n) is 15.5. The van der Waals surface area contributed by atoms with Crippen molar-refractivity contribution in [2.45, 2.75) is 52.6 Å². The molecule has 0 amide bonds. The summed E-state index contributed by atoms with van der Waals surface area (Å²) >= 11 is 0. The highest BCUT2D eigenvalue weighted by atomic mass is 16.6. The van der Waals surface area contributed by atoms with Gasteiger partial charge in [0.25, 0.3) is 5.69 Å². The predicted molar refractivity (Wildman–Crippen MR) is 99.6 cm³/mol. The zero-order chi connectivity index (χ0) is 18.4. The Morgan fingerprint density at radius 3 is 2.52 bits per heavy atom. The van der Waals surface area contributed by atoms with Gasteiger partial charge in [0.1, 0.15) is 11.4 Å². The molecule has 0 heterocycles. The molecule has 3 rings (SSSR count). The van der Waals surface area contributed by atoms with Crippen LogP contribution in [0.4, 0.5) is 5.69 Å². The second-order valence-corrected chi connectivity index (χ2v) is 8.25. The normalized spacial score (nSPS) is 28.8. The first-order chi connectivity index (χ1) is 11.7. The van der Waals surface area contributed by atoms with E-state index in [9.17, 15) is 10.1 Å². The van der Waals surface area contributed by atoms with Crippen LogP contribution in [0.3, 0.4) is 0 Å². The van der Waals surface area contributed by atoms with Crippen LogP contribution in [-0.2, 0) is 0 Å². The van der Waals surface area contributed by atoms with E-state index in [0.717, 1.165) is 12.8 Å². The van der Waals surface area contributed by atoms with Gasteiger partial charge in [-0.25, -0.2) is 0 Å². The van der Waals surface area contributed by atoms with Crippen LogP contribution in [-0.4, -0.2) is 10.5 Å². The van der Waals surface area contributed by atoms with Crippen molar-refractivity contribution in [2.24, 2.45) is 17.3 Å². The van der Waals surface area contributed by atoms with Crippen LogP contribution in [0.25, 0.3) is 0 Å². The summed E-state index contributed by atoms with van der Waals surface area (Å²) in [6.07, 6.45) is 5.49. The van der Waals surface area contributed by atoms with E-state index in [0.29, 0.717) is 17.6 Å². The molecule has 4 heteroatoms. The van der Waals surface area contributed by atoms with Crippen LogP contribution in [0, 0.1) is 27.4 Å². The van der Waals surface area contributed by atoms with Gasteiger partial charge < -0.3 is 4.74 Å². The van der Waals surface area contributed by atoms with Crippen molar-refractivity contribution in [1.82, 2.24) is 0 Å². The third-order valence-electron chi connectivity index (χ3n) is 6.07. The van der Waals surface area contributed by atoms with Gasteiger partial charge in [-0.05, 0) is 63.5 Å². The molecule has 2 aliphatic rings.